The summed E-state index contributed by atoms with van der Waals surface area (Å²) in [5, 5.41) is 7.43. The highest BCUT2D eigenvalue weighted by Gasteiger charge is 2.03. The van der Waals surface area contributed by atoms with Crippen molar-refractivity contribution in [2.24, 2.45) is 7.05 Å². The molecule has 1 N–H and O–H groups in total. The molecular formula is C12H24N4O. The van der Waals surface area contributed by atoms with Crippen molar-refractivity contribution in [1.29, 1.82) is 0 Å². The summed E-state index contributed by atoms with van der Waals surface area (Å²) >= 11 is 0. The maximum atomic E-state index is 11.5. The van der Waals surface area contributed by atoms with Crippen molar-refractivity contribution < 1.29 is 0 Å². The van der Waals surface area contributed by atoms with E-state index in [4.69, 9.17) is 0 Å². The molecule has 1 rings (SSSR count). The highest BCUT2D eigenvalue weighted by Crippen LogP contribution is 2.02. The van der Waals surface area contributed by atoms with E-state index in [9.17, 15) is 4.79 Å². The van der Waals surface area contributed by atoms with Gasteiger partial charge in [-0.3, -0.25) is 4.57 Å². The van der Waals surface area contributed by atoms with Gasteiger partial charge < -0.3 is 5.32 Å². The lowest BCUT2D eigenvalue weighted by atomic mass is 10.1. The molecule has 0 aliphatic carbocycles. The van der Waals surface area contributed by atoms with Crippen LogP contribution in [0.5, 0.6) is 0 Å². The normalized spacial score (nSPS) is 12.9. The SMILES string of the molecule is CCCCCC(C)NCCn1ncn(C)c1=O. The van der Waals surface area contributed by atoms with Gasteiger partial charge in [0.05, 0.1) is 6.54 Å². The summed E-state index contributed by atoms with van der Waals surface area (Å²) in [7, 11) is 1.71. The van der Waals surface area contributed by atoms with Crippen molar-refractivity contribution in [2.45, 2.75) is 52.1 Å². The molecule has 0 aliphatic heterocycles. The Hall–Kier alpha value is -1.10. The third kappa shape index (κ3) is 4.73. The smallest absolute Gasteiger partial charge is 0.312 e. The summed E-state index contributed by atoms with van der Waals surface area (Å²) in [5.41, 5.74) is -0.0505. The zero-order chi connectivity index (χ0) is 12.7. The van der Waals surface area contributed by atoms with Crippen LogP contribution in [0.3, 0.4) is 0 Å². The van der Waals surface area contributed by atoms with Crippen LogP contribution < -0.4 is 11.0 Å². The summed E-state index contributed by atoms with van der Waals surface area (Å²) in [4.78, 5) is 11.5. The Labute approximate surface area is 103 Å². The number of aryl methyl sites for hydroxylation is 1. The van der Waals surface area contributed by atoms with Gasteiger partial charge >= 0.3 is 5.69 Å². The zero-order valence-electron chi connectivity index (χ0n) is 11.1. The van der Waals surface area contributed by atoms with Crippen LogP contribution in [0.2, 0.25) is 0 Å². The van der Waals surface area contributed by atoms with E-state index < -0.39 is 0 Å². The van der Waals surface area contributed by atoms with Crippen LogP contribution in [0.1, 0.15) is 39.5 Å². The lowest BCUT2D eigenvalue weighted by molar-refractivity contribution is 0.454. The number of hydrogen-bond donors (Lipinski definition) is 1. The quantitative estimate of drug-likeness (QED) is 0.693. The predicted octanol–water partition coefficient (Wildman–Crippen LogP) is 1.14. The van der Waals surface area contributed by atoms with E-state index in [2.05, 4.69) is 24.3 Å². The number of aromatic nitrogens is 3. The molecule has 0 radical (unpaired) electrons. The highest BCUT2D eigenvalue weighted by atomic mass is 16.2. The summed E-state index contributed by atoms with van der Waals surface area (Å²) in [6, 6.07) is 0.515. The molecule has 0 amide bonds. The summed E-state index contributed by atoms with van der Waals surface area (Å²) < 4.78 is 2.98. The zero-order valence-corrected chi connectivity index (χ0v) is 11.1. The van der Waals surface area contributed by atoms with Gasteiger partial charge in [0.25, 0.3) is 0 Å². The minimum atomic E-state index is -0.0505. The van der Waals surface area contributed by atoms with Crippen LogP contribution >= 0.6 is 0 Å². The summed E-state index contributed by atoms with van der Waals surface area (Å²) in [6.07, 6.45) is 6.58. The third-order valence-corrected chi connectivity index (χ3v) is 2.94. The van der Waals surface area contributed by atoms with E-state index in [0.717, 1.165) is 6.54 Å². The van der Waals surface area contributed by atoms with Crippen LogP contribution in [0.15, 0.2) is 11.1 Å². The predicted molar refractivity (Wildman–Crippen MR) is 69.1 cm³/mol. The lowest BCUT2D eigenvalue weighted by Gasteiger charge is -2.12. The largest absolute Gasteiger partial charge is 0.345 e. The molecule has 1 unspecified atom stereocenters. The van der Waals surface area contributed by atoms with Gasteiger partial charge in [-0.05, 0) is 13.3 Å². The number of unbranched alkanes of at least 4 members (excludes halogenated alkanes) is 2. The molecule has 5 heteroatoms. The second kappa shape index (κ2) is 7.27. The average Bonchev–Trinajstić information content (AvgIpc) is 2.61. The summed E-state index contributed by atoms with van der Waals surface area (Å²) in [6.45, 7) is 5.84. The molecule has 98 valence electrons. The van der Waals surface area contributed by atoms with Crippen molar-refractivity contribution in [3.05, 3.63) is 16.8 Å². The van der Waals surface area contributed by atoms with Gasteiger partial charge in [-0.25, -0.2) is 9.48 Å². The topological polar surface area (TPSA) is 51.9 Å². The van der Waals surface area contributed by atoms with E-state index in [-0.39, 0.29) is 5.69 Å². The molecule has 1 aromatic rings. The van der Waals surface area contributed by atoms with Gasteiger partial charge in [0.15, 0.2) is 0 Å². The lowest BCUT2D eigenvalue weighted by Crippen LogP contribution is -2.33. The molecule has 5 nitrogen and oxygen atoms in total. The first-order valence-corrected chi connectivity index (χ1v) is 6.47. The van der Waals surface area contributed by atoms with Crippen LogP contribution in [0.25, 0.3) is 0 Å². The molecule has 0 saturated heterocycles. The minimum absolute atomic E-state index is 0.0505. The molecule has 0 aliphatic rings. The Balaban J connectivity index is 2.19. The fraction of sp³-hybridized carbons (Fsp3) is 0.833. The minimum Gasteiger partial charge on any atom is -0.312 e. The van der Waals surface area contributed by atoms with Gasteiger partial charge in [-0.15, -0.1) is 0 Å². The molecule has 1 atom stereocenters. The third-order valence-electron chi connectivity index (χ3n) is 2.94. The van der Waals surface area contributed by atoms with Crippen molar-refractivity contribution in [1.82, 2.24) is 19.7 Å². The molecule has 17 heavy (non-hydrogen) atoms. The van der Waals surface area contributed by atoms with Gasteiger partial charge in [-0.2, -0.15) is 5.10 Å². The number of nitrogens with one attached hydrogen (secondary N) is 1. The molecule has 0 bridgehead atoms. The van der Waals surface area contributed by atoms with Crippen LogP contribution in [0, 0.1) is 0 Å². The van der Waals surface area contributed by atoms with Crippen LogP contribution in [-0.2, 0) is 13.6 Å². The van der Waals surface area contributed by atoms with Crippen molar-refractivity contribution >= 4 is 0 Å². The van der Waals surface area contributed by atoms with Crippen molar-refractivity contribution in [2.75, 3.05) is 6.54 Å². The molecule has 1 aromatic heterocycles. The van der Waals surface area contributed by atoms with E-state index in [1.165, 1.54) is 34.9 Å². The van der Waals surface area contributed by atoms with Crippen LogP contribution in [-0.4, -0.2) is 26.9 Å². The van der Waals surface area contributed by atoms with E-state index >= 15 is 0 Å². The Morgan fingerprint density at radius 1 is 1.47 bits per heavy atom. The first-order chi connectivity index (χ1) is 8.15. The van der Waals surface area contributed by atoms with E-state index in [0.29, 0.717) is 12.6 Å². The fourth-order valence-corrected chi connectivity index (χ4v) is 1.79. The first kappa shape index (κ1) is 14.0. The second-order valence-electron chi connectivity index (χ2n) is 4.60. The van der Waals surface area contributed by atoms with E-state index in [1.54, 1.807) is 13.4 Å². The monoisotopic (exact) mass is 240 g/mol. The number of hydrogen-bond acceptors (Lipinski definition) is 3. The van der Waals surface area contributed by atoms with Gasteiger partial charge in [0.2, 0.25) is 0 Å². The first-order valence-electron chi connectivity index (χ1n) is 6.47. The molecule has 0 fully saturated rings. The van der Waals surface area contributed by atoms with Crippen molar-refractivity contribution in [3.63, 3.8) is 0 Å². The number of nitrogens with zero attached hydrogens (tertiary/aromatic N) is 3. The molecule has 0 spiro atoms. The van der Waals surface area contributed by atoms with E-state index in [1.807, 2.05) is 0 Å². The highest BCUT2D eigenvalue weighted by molar-refractivity contribution is 4.67. The Morgan fingerprint density at radius 3 is 2.82 bits per heavy atom. The molecule has 0 aromatic carbocycles. The average molecular weight is 240 g/mol. The fourth-order valence-electron chi connectivity index (χ4n) is 1.79. The molecule has 1 heterocycles. The van der Waals surface area contributed by atoms with Gasteiger partial charge in [0.1, 0.15) is 6.33 Å². The Bertz CT molecular complexity index is 369. The van der Waals surface area contributed by atoms with Crippen molar-refractivity contribution in [3.8, 4) is 0 Å². The standard InChI is InChI=1S/C12H24N4O/c1-4-5-6-7-11(2)13-8-9-16-12(17)15(3)10-14-16/h10-11,13H,4-9H2,1-3H3. The Morgan fingerprint density at radius 2 is 2.24 bits per heavy atom. The maximum absolute atomic E-state index is 11.5. The number of rotatable bonds is 8. The van der Waals surface area contributed by atoms with Crippen LogP contribution in [0.4, 0.5) is 0 Å². The molecule has 0 saturated carbocycles. The second-order valence-corrected chi connectivity index (χ2v) is 4.60. The molecular weight excluding hydrogens is 216 g/mol. The summed E-state index contributed by atoms with van der Waals surface area (Å²) in [5.74, 6) is 0. The van der Waals surface area contributed by atoms with Gasteiger partial charge in [-0.1, -0.05) is 26.2 Å². The maximum Gasteiger partial charge on any atom is 0.345 e. The Kier molecular flexibility index (Phi) is 5.97. The van der Waals surface area contributed by atoms with Gasteiger partial charge in [0, 0.05) is 19.6 Å².